The zero-order chi connectivity index (χ0) is 13.6. The number of piperidine rings is 1. The SMILES string of the molecule is O=C(c1ccc(Cl)cc1Cl)N1C2CCC1CC(O)C2. The lowest BCUT2D eigenvalue weighted by atomic mass is 9.98. The van der Waals surface area contributed by atoms with Gasteiger partial charge in [0.15, 0.2) is 0 Å². The van der Waals surface area contributed by atoms with Crippen molar-refractivity contribution in [2.24, 2.45) is 0 Å². The number of aliphatic hydroxyl groups excluding tert-OH is 1. The maximum atomic E-state index is 12.6. The van der Waals surface area contributed by atoms with Crippen molar-refractivity contribution >= 4 is 29.1 Å². The highest BCUT2D eigenvalue weighted by atomic mass is 35.5. The number of nitrogens with zero attached hydrogens (tertiary/aromatic N) is 1. The molecule has 2 fully saturated rings. The number of benzene rings is 1. The minimum Gasteiger partial charge on any atom is -0.393 e. The first kappa shape index (κ1) is 13.2. The molecule has 2 atom stereocenters. The molecule has 0 spiro atoms. The second kappa shape index (κ2) is 4.97. The molecule has 1 amide bonds. The lowest BCUT2D eigenvalue weighted by molar-refractivity contribution is 0.0287. The van der Waals surface area contributed by atoms with Crippen molar-refractivity contribution in [1.29, 1.82) is 0 Å². The predicted molar refractivity (Wildman–Crippen MR) is 74.7 cm³/mol. The molecule has 2 heterocycles. The number of carbonyl (C=O) groups excluding carboxylic acids is 1. The van der Waals surface area contributed by atoms with Crippen molar-refractivity contribution in [2.45, 2.75) is 43.9 Å². The standard InChI is InChI=1S/C14H15Cl2NO2/c15-8-1-4-12(13(16)5-8)14(19)17-9-2-3-10(17)7-11(18)6-9/h1,4-5,9-11,18H,2-3,6-7H2. The van der Waals surface area contributed by atoms with Crippen LogP contribution in [0.15, 0.2) is 18.2 Å². The summed E-state index contributed by atoms with van der Waals surface area (Å²) in [5, 5.41) is 10.7. The van der Waals surface area contributed by atoms with Crippen LogP contribution < -0.4 is 0 Å². The summed E-state index contributed by atoms with van der Waals surface area (Å²) < 4.78 is 0. The number of aliphatic hydroxyl groups is 1. The lowest BCUT2D eigenvalue weighted by Gasteiger charge is -2.37. The Hall–Kier alpha value is -0.770. The summed E-state index contributed by atoms with van der Waals surface area (Å²) in [4.78, 5) is 14.5. The number of carbonyl (C=O) groups is 1. The Morgan fingerprint density at radius 3 is 2.42 bits per heavy atom. The zero-order valence-corrected chi connectivity index (χ0v) is 11.9. The van der Waals surface area contributed by atoms with Crippen LogP contribution in [0.3, 0.4) is 0 Å². The Morgan fingerprint density at radius 2 is 1.84 bits per heavy atom. The topological polar surface area (TPSA) is 40.5 Å². The molecule has 1 aromatic carbocycles. The summed E-state index contributed by atoms with van der Waals surface area (Å²) in [6, 6.07) is 5.25. The second-order valence-electron chi connectivity index (χ2n) is 5.35. The molecule has 1 aromatic rings. The smallest absolute Gasteiger partial charge is 0.255 e. The first-order valence-electron chi connectivity index (χ1n) is 6.52. The highest BCUT2D eigenvalue weighted by Gasteiger charge is 2.43. The van der Waals surface area contributed by atoms with E-state index in [1.807, 2.05) is 4.90 Å². The molecule has 0 saturated carbocycles. The molecule has 0 aromatic heterocycles. The maximum absolute atomic E-state index is 12.6. The third kappa shape index (κ3) is 2.35. The Bertz CT molecular complexity index is 506. The Labute approximate surface area is 122 Å². The van der Waals surface area contributed by atoms with Gasteiger partial charge in [-0.25, -0.2) is 0 Å². The molecule has 102 valence electrons. The van der Waals surface area contributed by atoms with Crippen LogP contribution in [0.1, 0.15) is 36.0 Å². The fourth-order valence-corrected chi connectivity index (χ4v) is 3.77. The monoisotopic (exact) mass is 299 g/mol. The van der Waals surface area contributed by atoms with Gasteiger partial charge in [-0.05, 0) is 43.9 Å². The quantitative estimate of drug-likeness (QED) is 0.865. The summed E-state index contributed by atoms with van der Waals surface area (Å²) >= 11 is 12.0. The van der Waals surface area contributed by atoms with Gasteiger partial charge < -0.3 is 10.0 Å². The van der Waals surface area contributed by atoms with E-state index in [1.54, 1.807) is 18.2 Å². The van der Waals surface area contributed by atoms with Crippen LogP contribution in [-0.2, 0) is 0 Å². The minimum absolute atomic E-state index is 0.0407. The molecule has 0 radical (unpaired) electrons. The third-order valence-electron chi connectivity index (χ3n) is 4.10. The molecule has 5 heteroatoms. The molecule has 2 bridgehead atoms. The molecule has 2 aliphatic heterocycles. The molecule has 0 aliphatic carbocycles. The normalized spacial score (nSPS) is 29.6. The van der Waals surface area contributed by atoms with Crippen LogP contribution in [0.4, 0.5) is 0 Å². The van der Waals surface area contributed by atoms with Gasteiger partial charge in [0.2, 0.25) is 0 Å². The van der Waals surface area contributed by atoms with Gasteiger partial charge in [-0.15, -0.1) is 0 Å². The molecule has 1 N–H and O–H groups in total. The van der Waals surface area contributed by atoms with E-state index in [-0.39, 0.29) is 24.1 Å². The minimum atomic E-state index is -0.276. The van der Waals surface area contributed by atoms with Gasteiger partial charge in [0.25, 0.3) is 5.91 Å². The first-order valence-corrected chi connectivity index (χ1v) is 7.27. The fraction of sp³-hybridized carbons (Fsp3) is 0.500. The number of hydrogen-bond donors (Lipinski definition) is 1. The van der Waals surface area contributed by atoms with E-state index in [0.29, 0.717) is 28.5 Å². The van der Waals surface area contributed by atoms with Crippen molar-refractivity contribution in [3.05, 3.63) is 33.8 Å². The van der Waals surface area contributed by atoms with Crippen LogP contribution in [-0.4, -0.2) is 34.1 Å². The molecular formula is C14H15Cl2NO2. The van der Waals surface area contributed by atoms with Gasteiger partial charge in [-0.1, -0.05) is 23.2 Å². The van der Waals surface area contributed by atoms with E-state index in [4.69, 9.17) is 23.2 Å². The number of rotatable bonds is 1. The molecule has 19 heavy (non-hydrogen) atoms. The van der Waals surface area contributed by atoms with Crippen molar-refractivity contribution in [3.8, 4) is 0 Å². The Kier molecular flexibility index (Phi) is 3.46. The molecule has 2 saturated heterocycles. The van der Waals surface area contributed by atoms with Crippen LogP contribution >= 0.6 is 23.2 Å². The lowest BCUT2D eigenvalue weighted by Crippen LogP contribution is -2.48. The summed E-state index contributed by atoms with van der Waals surface area (Å²) in [6.07, 6.45) is 3.01. The molecule has 3 rings (SSSR count). The van der Waals surface area contributed by atoms with E-state index in [2.05, 4.69) is 0 Å². The van der Waals surface area contributed by atoms with Crippen molar-refractivity contribution in [3.63, 3.8) is 0 Å². The summed E-state index contributed by atoms with van der Waals surface area (Å²) in [7, 11) is 0. The van der Waals surface area contributed by atoms with Crippen LogP contribution in [0.5, 0.6) is 0 Å². The Morgan fingerprint density at radius 1 is 1.21 bits per heavy atom. The van der Waals surface area contributed by atoms with Gasteiger partial charge in [0.05, 0.1) is 16.7 Å². The highest BCUT2D eigenvalue weighted by molar-refractivity contribution is 6.36. The summed E-state index contributed by atoms with van der Waals surface area (Å²) in [6.45, 7) is 0. The van der Waals surface area contributed by atoms with Gasteiger partial charge in [-0.3, -0.25) is 4.79 Å². The zero-order valence-electron chi connectivity index (χ0n) is 10.4. The van der Waals surface area contributed by atoms with Gasteiger partial charge in [0.1, 0.15) is 0 Å². The largest absolute Gasteiger partial charge is 0.393 e. The van der Waals surface area contributed by atoms with Crippen LogP contribution in [0.2, 0.25) is 10.0 Å². The summed E-state index contributed by atoms with van der Waals surface area (Å²) in [5.74, 6) is -0.0407. The van der Waals surface area contributed by atoms with E-state index in [0.717, 1.165) is 12.8 Å². The number of hydrogen-bond acceptors (Lipinski definition) is 2. The van der Waals surface area contributed by atoms with Crippen LogP contribution in [0, 0.1) is 0 Å². The van der Waals surface area contributed by atoms with E-state index >= 15 is 0 Å². The third-order valence-corrected chi connectivity index (χ3v) is 4.65. The van der Waals surface area contributed by atoms with Gasteiger partial charge >= 0.3 is 0 Å². The number of halogens is 2. The number of fused-ring (bicyclic) bond motifs is 2. The van der Waals surface area contributed by atoms with Crippen molar-refractivity contribution < 1.29 is 9.90 Å². The summed E-state index contributed by atoms with van der Waals surface area (Å²) in [5.41, 5.74) is 0.499. The molecule has 2 unspecified atom stereocenters. The van der Waals surface area contributed by atoms with Crippen molar-refractivity contribution in [1.82, 2.24) is 4.90 Å². The molecule has 2 aliphatic rings. The first-order chi connectivity index (χ1) is 9.06. The van der Waals surface area contributed by atoms with E-state index in [9.17, 15) is 9.90 Å². The maximum Gasteiger partial charge on any atom is 0.255 e. The second-order valence-corrected chi connectivity index (χ2v) is 6.19. The predicted octanol–water partition coefficient (Wildman–Crippen LogP) is 3.12. The molecule has 3 nitrogen and oxygen atoms in total. The van der Waals surface area contributed by atoms with Gasteiger partial charge in [-0.2, -0.15) is 0 Å². The van der Waals surface area contributed by atoms with E-state index in [1.165, 1.54) is 0 Å². The van der Waals surface area contributed by atoms with Crippen LogP contribution in [0.25, 0.3) is 0 Å². The average molecular weight is 300 g/mol. The molecular weight excluding hydrogens is 285 g/mol. The average Bonchev–Trinajstić information content (AvgIpc) is 2.61. The van der Waals surface area contributed by atoms with E-state index < -0.39 is 0 Å². The number of amides is 1. The van der Waals surface area contributed by atoms with Crippen molar-refractivity contribution in [2.75, 3.05) is 0 Å². The fourth-order valence-electron chi connectivity index (χ4n) is 3.28. The van der Waals surface area contributed by atoms with Gasteiger partial charge in [0, 0.05) is 17.1 Å². The highest BCUT2D eigenvalue weighted by Crippen LogP contribution is 2.37. The Balaban J connectivity index is 1.88.